The predicted molar refractivity (Wildman–Crippen MR) is 79.8 cm³/mol. The Morgan fingerprint density at radius 1 is 1.21 bits per heavy atom. The summed E-state index contributed by atoms with van der Waals surface area (Å²) in [5, 5.41) is 3.72. The van der Waals surface area contributed by atoms with Gasteiger partial charge in [0.05, 0.1) is 11.7 Å². The molecule has 2 heteroatoms. The van der Waals surface area contributed by atoms with Crippen molar-refractivity contribution in [2.75, 3.05) is 5.32 Å². The third-order valence-electron chi connectivity index (χ3n) is 4.77. The number of anilines is 1. The molecule has 104 valence electrons. The molecule has 3 unspecified atom stereocenters. The van der Waals surface area contributed by atoms with E-state index in [1.54, 1.807) is 0 Å². The van der Waals surface area contributed by atoms with Gasteiger partial charge in [-0.05, 0) is 55.2 Å². The summed E-state index contributed by atoms with van der Waals surface area (Å²) >= 11 is 0. The van der Waals surface area contributed by atoms with Crippen LogP contribution in [0.15, 0.2) is 18.2 Å². The van der Waals surface area contributed by atoms with Crippen molar-refractivity contribution in [3.63, 3.8) is 0 Å². The smallest absolute Gasteiger partial charge is 0.142 e. The van der Waals surface area contributed by atoms with Crippen molar-refractivity contribution >= 4 is 5.69 Å². The highest BCUT2D eigenvalue weighted by Gasteiger charge is 2.39. The number of benzene rings is 1. The zero-order chi connectivity index (χ0) is 13.6. The number of hydrogen-bond acceptors (Lipinski definition) is 2. The van der Waals surface area contributed by atoms with Crippen LogP contribution in [0.3, 0.4) is 0 Å². The molecule has 1 aliphatic heterocycles. The molecular formula is C17H25NO. The molecule has 19 heavy (non-hydrogen) atoms. The van der Waals surface area contributed by atoms with Gasteiger partial charge in [0, 0.05) is 0 Å². The van der Waals surface area contributed by atoms with Crippen molar-refractivity contribution in [1.82, 2.24) is 0 Å². The summed E-state index contributed by atoms with van der Waals surface area (Å²) < 4.78 is 6.19. The SMILES string of the molecule is Cc1ccc2c(c1)NC1CC(C(C)(C)C)CCC1O2. The Kier molecular flexibility index (Phi) is 2.99. The maximum atomic E-state index is 6.19. The van der Waals surface area contributed by atoms with Gasteiger partial charge in [-0.2, -0.15) is 0 Å². The lowest BCUT2D eigenvalue weighted by atomic mass is 9.70. The van der Waals surface area contributed by atoms with Crippen LogP contribution in [0, 0.1) is 18.3 Å². The Labute approximate surface area is 116 Å². The normalized spacial score (nSPS) is 29.8. The third kappa shape index (κ3) is 2.45. The van der Waals surface area contributed by atoms with Gasteiger partial charge in [-0.15, -0.1) is 0 Å². The average Bonchev–Trinajstić information content (AvgIpc) is 2.34. The molecule has 2 nitrogen and oxygen atoms in total. The van der Waals surface area contributed by atoms with E-state index in [0.29, 0.717) is 17.6 Å². The number of rotatable bonds is 0. The van der Waals surface area contributed by atoms with Crippen LogP contribution >= 0.6 is 0 Å². The summed E-state index contributed by atoms with van der Waals surface area (Å²) in [5.74, 6) is 1.82. The van der Waals surface area contributed by atoms with Gasteiger partial charge in [-0.3, -0.25) is 0 Å². The lowest BCUT2D eigenvalue weighted by molar-refractivity contribution is 0.0700. The maximum absolute atomic E-state index is 6.19. The number of ether oxygens (including phenoxy) is 1. The summed E-state index contributed by atoms with van der Waals surface area (Å²) in [6, 6.07) is 6.91. The molecule has 3 rings (SSSR count). The van der Waals surface area contributed by atoms with E-state index in [1.807, 2.05) is 0 Å². The van der Waals surface area contributed by atoms with Crippen LogP contribution < -0.4 is 10.1 Å². The topological polar surface area (TPSA) is 21.3 Å². The van der Waals surface area contributed by atoms with E-state index in [9.17, 15) is 0 Å². The summed E-state index contributed by atoms with van der Waals surface area (Å²) in [6.45, 7) is 9.21. The molecule has 1 saturated carbocycles. The number of nitrogens with one attached hydrogen (secondary N) is 1. The van der Waals surface area contributed by atoms with E-state index < -0.39 is 0 Å². The molecule has 1 aliphatic carbocycles. The average molecular weight is 259 g/mol. The lowest BCUT2D eigenvalue weighted by Gasteiger charge is -2.44. The molecule has 0 saturated heterocycles. The molecule has 1 heterocycles. The highest BCUT2D eigenvalue weighted by atomic mass is 16.5. The van der Waals surface area contributed by atoms with Gasteiger partial charge >= 0.3 is 0 Å². The van der Waals surface area contributed by atoms with Gasteiger partial charge in [0.1, 0.15) is 11.9 Å². The molecule has 0 spiro atoms. The standard InChI is InChI=1S/C17H25NO/c1-11-5-7-15-13(9-11)18-14-10-12(17(2,3)4)6-8-16(14)19-15/h5,7,9,12,14,16,18H,6,8,10H2,1-4H3. The van der Waals surface area contributed by atoms with Gasteiger partial charge in [0.15, 0.2) is 0 Å². The highest BCUT2D eigenvalue weighted by Crippen LogP contribution is 2.43. The summed E-state index contributed by atoms with van der Waals surface area (Å²) in [7, 11) is 0. The van der Waals surface area contributed by atoms with Gasteiger partial charge in [0.25, 0.3) is 0 Å². The number of hydrogen-bond donors (Lipinski definition) is 1. The first-order valence-electron chi connectivity index (χ1n) is 7.47. The Hall–Kier alpha value is -1.18. The fourth-order valence-corrected chi connectivity index (χ4v) is 3.44. The maximum Gasteiger partial charge on any atom is 0.142 e. The van der Waals surface area contributed by atoms with E-state index in [1.165, 1.54) is 30.5 Å². The number of aryl methyl sites for hydroxylation is 1. The summed E-state index contributed by atoms with van der Waals surface area (Å²) in [5.41, 5.74) is 2.87. The predicted octanol–water partition coefficient (Wildman–Crippen LogP) is 4.38. The second-order valence-electron chi connectivity index (χ2n) is 7.28. The van der Waals surface area contributed by atoms with Crippen molar-refractivity contribution in [1.29, 1.82) is 0 Å². The third-order valence-corrected chi connectivity index (χ3v) is 4.77. The molecule has 0 bridgehead atoms. The molecular weight excluding hydrogens is 234 g/mol. The van der Waals surface area contributed by atoms with Crippen LogP contribution in [0.25, 0.3) is 0 Å². The monoisotopic (exact) mass is 259 g/mol. The van der Waals surface area contributed by atoms with Crippen LogP contribution in [-0.2, 0) is 0 Å². The van der Waals surface area contributed by atoms with Crippen LogP contribution in [-0.4, -0.2) is 12.1 Å². The first-order chi connectivity index (χ1) is 8.93. The molecule has 1 fully saturated rings. The molecule has 1 aromatic rings. The van der Waals surface area contributed by atoms with Crippen molar-refractivity contribution in [2.45, 2.75) is 59.1 Å². The fraction of sp³-hybridized carbons (Fsp3) is 0.647. The molecule has 3 atom stereocenters. The van der Waals surface area contributed by atoms with E-state index in [4.69, 9.17) is 4.74 Å². The fourth-order valence-electron chi connectivity index (χ4n) is 3.44. The van der Waals surface area contributed by atoms with E-state index >= 15 is 0 Å². The molecule has 2 aliphatic rings. The molecule has 1 aromatic carbocycles. The second-order valence-corrected chi connectivity index (χ2v) is 7.28. The minimum atomic E-state index is 0.355. The van der Waals surface area contributed by atoms with E-state index in [-0.39, 0.29) is 0 Å². The van der Waals surface area contributed by atoms with Crippen molar-refractivity contribution in [3.05, 3.63) is 23.8 Å². The molecule has 0 aromatic heterocycles. The minimum absolute atomic E-state index is 0.355. The first-order valence-corrected chi connectivity index (χ1v) is 7.47. The summed E-state index contributed by atoms with van der Waals surface area (Å²) in [4.78, 5) is 0. The van der Waals surface area contributed by atoms with Gasteiger partial charge in [-0.25, -0.2) is 0 Å². The molecule has 1 N–H and O–H groups in total. The lowest BCUT2D eigenvalue weighted by Crippen LogP contribution is -2.47. The molecule has 0 amide bonds. The van der Waals surface area contributed by atoms with Crippen molar-refractivity contribution < 1.29 is 4.74 Å². The van der Waals surface area contributed by atoms with Gasteiger partial charge < -0.3 is 10.1 Å². The van der Waals surface area contributed by atoms with E-state index in [0.717, 1.165) is 11.7 Å². The second kappa shape index (κ2) is 4.43. The largest absolute Gasteiger partial charge is 0.486 e. The first kappa shape index (κ1) is 12.8. The van der Waals surface area contributed by atoms with E-state index in [2.05, 4.69) is 51.2 Å². The Morgan fingerprint density at radius 2 is 2.00 bits per heavy atom. The van der Waals surface area contributed by atoms with Crippen LogP contribution in [0.5, 0.6) is 5.75 Å². The summed E-state index contributed by atoms with van der Waals surface area (Å²) in [6.07, 6.45) is 4.04. The quantitative estimate of drug-likeness (QED) is 0.746. The molecule has 0 radical (unpaired) electrons. The van der Waals surface area contributed by atoms with Crippen molar-refractivity contribution in [3.8, 4) is 5.75 Å². The highest BCUT2D eigenvalue weighted by molar-refractivity contribution is 5.60. The van der Waals surface area contributed by atoms with Crippen LogP contribution in [0.2, 0.25) is 0 Å². The Bertz CT molecular complexity index is 475. The zero-order valence-electron chi connectivity index (χ0n) is 12.5. The number of fused-ring (bicyclic) bond motifs is 2. The van der Waals surface area contributed by atoms with Gasteiger partial charge in [-0.1, -0.05) is 26.8 Å². The minimum Gasteiger partial charge on any atom is -0.486 e. The Balaban J connectivity index is 1.80. The zero-order valence-corrected chi connectivity index (χ0v) is 12.5. The Morgan fingerprint density at radius 3 is 2.74 bits per heavy atom. The van der Waals surface area contributed by atoms with Crippen LogP contribution in [0.4, 0.5) is 5.69 Å². The van der Waals surface area contributed by atoms with Gasteiger partial charge in [0.2, 0.25) is 0 Å². The van der Waals surface area contributed by atoms with Crippen molar-refractivity contribution in [2.24, 2.45) is 11.3 Å². The van der Waals surface area contributed by atoms with Crippen LogP contribution in [0.1, 0.15) is 45.6 Å².